The molecule has 1 aromatic rings. The molecule has 1 aromatic heterocycles. The Bertz CT molecular complexity index is 687. The summed E-state index contributed by atoms with van der Waals surface area (Å²) < 4.78 is 8.36. The number of aromatic nitrogens is 1. The van der Waals surface area contributed by atoms with Crippen LogP contribution in [0.15, 0.2) is 54.5 Å². The van der Waals surface area contributed by atoms with Crippen molar-refractivity contribution in [2.75, 3.05) is 6.61 Å². The SMILES string of the molecule is Cc1cccn1C(C)C1CCC(N2C=CC=CC(COC3CC3)=C2)CC1. The van der Waals surface area contributed by atoms with Gasteiger partial charge in [0.1, 0.15) is 0 Å². The van der Waals surface area contributed by atoms with Gasteiger partial charge in [0.05, 0.1) is 12.7 Å². The average Bonchev–Trinajstić information content (AvgIpc) is 3.44. The Morgan fingerprint density at radius 1 is 1.12 bits per heavy atom. The van der Waals surface area contributed by atoms with Gasteiger partial charge >= 0.3 is 0 Å². The summed E-state index contributed by atoms with van der Waals surface area (Å²) in [6.45, 7) is 5.35. The van der Waals surface area contributed by atoms with Gasteiger partial charge in [-0.25, -0.2) is 0 Å². The van der Waals surface area contributed by atoms with E-state index in [0.717, 1.165) is 12.5 Å². The maximum absolute atomic E-state index is 5.91. The number of aryl methyl sites for hydroxylation is 1. The highest BCUT2D eigenvalue weighted by Gasteiger charge is 2.28. The van der Waals surface area contributed by atoms with Gasteiger partial charge in [-0.2, -0.15) is 0 Å². The van der Waals surface area contributed by atoms with Crippen LogP contribution in [0.4, 0.5) is 0 Å². The van der Waals surface area contributed by atoms with Crippen LogP contribution < -0.4 is 0 Å². The molecular formula is C23H32N2O. The average molecular weight is 353 g/mol. The predicted octanol–water partition coefficient (Wildman–Crippen LogP) is 5.36. The van der Waals surface area contributed by atoms with E-state index in [1.54, 1.807) is 0 Å². The summed E-state index contributed by atoms with van der Waals surface area (Å²) in [6, 6.07) is 5.61. The predicted molar refractivity (Wildman–Crippen MR) is 107 cm³/mol. The molecule has 3 heteroatoms. The lowest BCUT2D eigenvalue weighted by Gasteiger charge is -2.37. The second-order valence-corrected chi connectivity index (χ2v) is 8.23. The Kier molecular flexibility index (Phi) is 5.35. The summed E-state index contributed by atoms with van der Waals surface area (Å²) in [4.78, 5) is 2.44. The van der Waals surface area contributed by atoms with Gasteiger partial charge in [0.25, 0.3) is 0 Å². The van der Waals surface area contributed by atoms with E-state index in [9.17, 15) is 0 Å². The van der Waals surface area contributed by atoms with Crippen LogP contribution in [0, 0.1) is 12.8 Å². The highest BCUT2D eigenvalue weighted by atomic mass is 16.5. The van der Waals surface area contributed by atoms with Crippen LogP contribution >= 0.6 is 0 Å². The summed E-state index contributed by atoms with van der Waals surface area (Å²) in [5, 5.41) is 0. The van der Waals surface area contributed by atoms with Gasteiger partial charge in [-0.15, -0.1) is 0 Å². The van der Waals surface area contributed by atoms with Gasteiger partial charge in [0.2, 0.25) is 0 Å². The lowest BCUT2D eigenvalue weighted by atomic mass is 9.81. The molecule has 3 aliphatic rings. The summed E-state index contributed by atoms with van der Waals surface area (Å²) in [5.74, 6) is 0.785. The quantitative estimate of drug-likeness (QED) is 0.685. The molecule has 0 bridgehead atoms. The molecule has 2 aliphatic carbocycles. The lowest BCUT2D eigenvalue weighted by Crippen LogP contribution is -2.33. The first-order valence-electron chi connectivity index (χ1n) is 10.3. The van der Waals surface area contributed by atoms with Gasteiger partial charge in [-0.3, -0.25) is 0 Å². The number of hydrogen-bond donors (Lipinski definition) is 0. The number of rotatable bonds is 6. The van der Waals surface area contributed by atoms with Crippen molar-refractivity contribution in [1.82, 2.24) is 9.47 Å². The third kappa shape index (κ3) is 4.15. The van der Waals surface area contributed by atoms with Gasteiger partial charge < -0.3 is 14.2 Å². The summed E-state index contributed by atoms with van der Waals surface area (Å²) in [6.07, 6.45) is 21.4. The minimum absolute atomic E-state index is 0.517. The van der Waals surface area contributed by atoms with Crippen molar-refractivity contribution >= 4 is 0 Å². The Morgan fingerprint density at radius 2 is 1.92 bits per heavy atom. The lowest BCUT2D eigenvalue weighted by molar-refractivity contribution is 0.140. The first kappa shape index (κ1) is 17.7. The van der Waals surface area contributed by atoms with E-state index in [1.807, 2.05) is 0 Å². The normalized spacial score (nSPS) is 27.3. The smallest absolute Gasteiger partial charge is 0.0734 e. The number of allylic oxidation sites excluding steroid dienone is 2. The van der Waals surface area contributed by atoms with Crippen molar-refractivity contribution < 1.29 is 4.74 Å². The van der Waals surface area contributed by atoms with Crippen LogP contribution in [0.1, 0.15) is 57.2 Å². The number of ether oxygens (including phenoxy) is 1. The molecule has 2 saturated carbocycles. The van der Waals surface area contributed by atoms with Crippen LogP contribution in [0.25, 0.3) is 0 Å². The molecule has 0 spiro atoms. The molecule has 0 saturated heterocycles. The summed E-state index contributed by atoms with van der Waals surface area (Å²) >= 11 is 0. The maximum atomic E-state index is 5.91. The number of nitrogens with zero attached hydrogens (tertiary/aromatic N) is 2. The third-order valence-corrected chi connectivity index (χ3v) is 6.28. The molecule has 0 aromatic carbocycles. The second kappa shape index (κ2) is 7.87. The minimum atomic E-state index is 0.517. The van der Waals surface area contributed by atoms with Gasteiger partial charge in [-0.05, 0) is 82.1 Å². The summed E-state index contributed by atoms with van der Waals surface area (Å²) in [5.41, 5.74) is 2.67. The van der Waals surface area contributed by atoms with Crippen molar-refractivity contribution in [3.8, 4) is 0 Å². The van der Waals surface area contributed by atoms with E-state index < -0.39 is 0 Å². The molecule has 1 atom stereocenters. The van der Waals surface area contributed by atoms with Crippen LogP contribution in [0.2, 0.25) is 0 Å². The van der Waals surface area contributed by atoms with E-state index in [1.165, 1.54) is 49.8 Å². The number of hydrogen-bond acceptors (Lipinski definition) is 2. The van der Waals surface area contributed by atoms with Crippen molar-refractivity contribution in [2.24, 2.45) is 5.92 Å². The molecule has 140 valence electrons. The van der Waals surface area contributed by atoms with Crippen molar-refractivity contribution in [3.05, 3.63) is 60.2 Å². The molecular weight excluding hydrogens is 320 g/mol. The first-order chi connectivity index (χ1) is 12.7. The zero-order valence-electron chi connectivity index (χ0n) is 16.2. The zero-order chi connectivity index (χ0) is 17.9. The van der Waals surface area contributed by atoms with Crippen LogP contribution in [-0.4, -0.2) is 28.2 Å². The first-order valence-corrected chi connectivity index (χ1v) is 10.3. The Morgan fingerprint density at radius 3 is 2.62 bits per heavy atom. The van der Waals surface area contributed by atoms with Crippen LogP contribution in [0.5, 0.6) is 0 Å². The second-order valence-electron chi connectivity index (χ2n) is 8.23. The molecule has 0 radical (unpaired) electrons. The monoisotopic (exact) mass is 352 g/mol. The van der Waals surface area contributed by atoms with Gasteiger partial charge in [-0.1, -0.05) is 12.2 Å². The van der Waals surface area contributed by atoms with Crippen LogP contribution in [0.3, 0.4) is 0 Å². The van der Waals surface area contributed by atoms with E-state index in [2.05, 4.69) is 72.3 Å². The van der Waals surface area contributed by atoms with Crippen molar-refractivity contribution in [2.45, 2.75) is 70.6 Å². The fourth-order valence-electron chi connectivity index (χ4n) is 4.41. The fraction of sp³-hybridized carbons (Fsp3) is 0.565. The molecule has 3 nitrogen and oxygen atoms in total. The third-order valence-electron chi connectivity index (χ3n) is 6.28. The van der Waals surface area contributed by atoms with Crippen LogP contribution in [-0.2, 0) is 4.74 Å². The summed E-state index contributed by atoms with van der Waals surface area (Å²) in [7, 11) is 0. The standard InChI is InChI=1S/C23H32N2O/c1-18-6-5-15-25(18)19(2)21-8-10-22(11-9-21)24-14-4-3-7-20(16-24)17-26-23-12-13-23/h3-7,14-16,19,21-23H,8-13,17H2,1-2H3. The molecule has 1 aliphatic heterocycles. The molecule has 4 rings (SSSR count). The fourth-order valence-corrected chi connectivity index (χ4v) is 4.41. The van der Waals surface area contributed by atoms with Crippen molar-refractivity contribution in [3.63, 3.8) is 0 Å². The highest BCUT2D eigenvalue weighted by molar-refractivity contribution is 5.26. The molecule has 1 unspecified atom stereocenters. The molecule has 26 heavy (non-hydrogen) atoms. The molecule has 0 amide bonds. The topological polar surface area (TPSA) is 17.4 Å². The molecule has 2 heterocycles. The molecule has 0 N–H and O–H groups in total. The maximum Gasteiger partial charge on any atom is 0.0734 e. The zero-order valence-corrected chi connectivity index (χ0v) is 16.2. The van der Waals surface area contributed by atoms with Gasteiger partial charge in [0.15, 0.2) is 0 Å². The Balaban J connectivity index is 1.34. The van der Waals surface area contributed by atoms with E-state index >= 15 is 0 Å². The largest absolute Gasteiger partial charge is 0.373 e. The Labute approximate surface area is 158 Å². The van der Waals surface area contributed by atoms with Gasteiger partial charge in [0, 0.05) is 36.4 Å². The van der Waals surface area contributed by atoms with E-state index in [-0.39, 0.29) is 0 Å². The Hall–Kier alpha value is -1.74. The minimum Gasteiger partial charge on any atom is -0.373 e. The van der Waals surface area contributed by atoms with E-state index in [0.29, 0.717) is 18.2 Å². The van der Waals surface area contributed by atoms with Crippen molar-refractivity contribution in [1.29, 1.82) is 0 Å². The van der Waals surface area contributed by atoms with E-state index in [4.69, 9.17) is 4.74 Å². The molecule has 2 fully saturated rings. The highest BCUT2D eigenvalue weighted by Crippen LogP contribution is 2.36.